The Morgan fingerprint density at radius 3 is 2.48 bits per heavy atom. The van der Waals surface area contributed by atoms with E-state index in [4.69, 9.17) is 14.6 Å². The highest BCUT2D eigenvalue weighted by Gasteiger charge is 2.36. The molecular formula is C15H19NO5. The fraction of sp³-hybridized carbons (Fsp3) is 0.467. The summed E-state index contributed by atoms with van der Waals surface area (Å²) >= 11 is 0. The number of amides is 1. The molecule has 114 valence electrons. The number of para-hydroxylation sites is 2. The summed E-state index contributed by atoms with van der Waals surface area (Å²) in [7, 11) is 0. The molecule has 6 nitrogen and oxygen atoms in total. The van der Waals surface area contributed by atoms with Gasteiger partial charge in [0.15, 0.2) is 11.5 Å². The van der Waals surface area contributed by atoms with Crippen molar-refractivity contribution in [3.8, 4) is 11.5 Å². The van der Waals surface area contributed by atoms with E-state index >= 15 is 0 Å². The summed E-state index contributed by atoms with van der Waals surface area (Å²) in [4.78, 5) is 24.8. The first-order valence-electron chi connectivity index (χ1n) is 6.71. The normalized spacial score (nSPS) is 17.2. The highest BCUT2D eigenvalue weighted by molar-refractivity contribution is 5.86. The predicted octanol–water partition coefficient (Wildman–Crippen LogP) is 1.54. The van der Waals surface area contributed by atoms with Crippen LogP contribution in [0.5, 0.6) is 11.5 Å². The number of aliphatic carboxylic acids is 1. The lowest BCUT2D eigenvalue weighted by molar-refractivity contribution is -0.154. The smallest absolute Gasteiger partial charge is 0.323 e. The minimum atomic E-state index is -1.06. The topological polar surface area (TPSA) is 76.1 Å². The van der Waals surface area contributed by atoms with Gasteiger partial charge in [-0.2, -0.15) is 0 Å². The van der Waals surface area contributed by atoms with Crippen LogP contribution in [0.25, 0.3) is 0 Å². The van der Waals surface area contributed by atoms with Gasteiger partial charge in [-0.25, -0.2) is 0 Å². The van der Waals surface area contributed by atoms with Crippen LogP contribution < -0.4 is 9.47 Å². The molecule has 1 aliphatic rings. The number of nitrogens with zero attached hydrogens (tertiary/aromatic N) is 1. The summed E-state index contributed by atoms with van der Waals surface area (Å²) in [5.41, 5.74) is -0.615. The van der Waals surface area contributed by atoms with Gasteiger partial charge >= 0.3 is 5.97 Å². The van der Waals surface area contributed by atoms with Crippen LogP contribution in [-0.2, 0) is 9.59 Å². The molecule has 0 bridgehead atoms. The molecule has 1 unspecified atom stereocenters. The van der Waals surface area contributed by atoms with Gasteiger partial charge in [0.1, 0.15) is 13.2 Å². The van der Waals surface area contributed by atoms with Crippen LogP contribution in [0.15, 0.2) is 24.3 Å². The second kappa shape index (κ2) is 5.63. The van der Waals surface area contributed by atoms with Crippen molar-refractivity contribution < 1.29 is 24.2 Å². The fourth-order valence-electron chi connectivity index (χ4n) is 2.10. The Bertz CT molecular complexity index is 549. The van der Waals surface area contributed by atoms with Crippen molar-refractivity contribution in [3.63, 3.8) is 0 Å². The molecule has 1 aromatic carbocycles. The summed E-state index contributed by atoms with van der Waals surface area (Å²) < 4.78 is 11.1. The zero-order valence-electron chi connectivity index (χ0n) is 12.3. The highest BCUT2D eigenvalue weighted by Crippen LogP contribution is 2.31. The van der Waals surface area contributed by atoms with E-state index < -0.39 is 17.6 Å². The highest BCUT2D eigenvalue weighted by atomic mass is 16.6. The van der Waals surface area contributed by atoms with Gasteiger partial charge in [0, 0.05) is 5.54 Å². The van der Waals surface area contributed by atoms with Crippen LogP contribution in [0.2, 0.25) is 0 Å². The maximum absolute atomic E-state index is 12.5. The standard InChI is InChI=1S/C15H19NO5/c1-15(2,3)16(8-13(17)18)14(19)12-9-20-10-6-4-5-7-11(10)21-12/h4-7,12H,8-9H2,1-3H3,(H,17,18). The first-order valence-corrected chi connectivity index (χ1v) is 6.71. The first-order chi connectivity index (χ1) is 9.79. The van der Waals surface area contributed by atoms with Crippen molar-refractivity contribution in [2.24, 2.45) is 0 Å². The number of hydrogen-bond donors (Lipinski definition) is 1. The Labute approximate surface area is 123 Å². The van der Waals surface area contributed by atoms with Gasteiger partial charge in [-0.05, 0) is 32.9 Å². The van der Waals surface area contributed by atoms with E-state index in [0.717, 1.165) is 0 Å². The molecule has 0 saturated carbocycles. The van der Waals surface area contributed by atoms with E-state index in [-0.39, 0.29) is 19.1 Å². The van der Waals surface area contributed by atoms with Crippen molar-refractivity contribution in [3.05, 3.63) is 24.3 Å². The molecule has 1 aliphatic heterocycles. The molecule has 6 heteroatoms. The lowest BCUT2D eigenvalue weighted by Gasteiger charge is -2.37. The van der Waals surface area contributed by atoms with Crippen molar-refractivity contribution in [2.75, 3.05) is 13.2 Å². The van der Waals surface area contributed by atoms with Crippen LogP contribution in [0.1, 0.15) is 20.8 Å². The lowest BCUT2D eigenvalue weighted by atomic mass is 10.0. The summed E-state index contributed by atoms with van der Waals surface area (Å²) in [6.07, 6.45) is -0.835. The van der Waals surface area contributed by atoms with Gasteiger partial charge in [-0.1, -0.05) is 12.1 Å². The lowest BCUT2D eigenvalue weighted by Crippen LogP contribution is -2.55. The number of benzene rings is 1. The molecule has 0 spiro atoms. The minimum absolute atomic E-state index is 0.0715. The largest absolute Gasteiger partial charge is 0.485 e. The Hall–Kier alpha value is -2.24. The average Bonchev–Trinajstić information content (AvgIpc) is 2.42. The molecule has 0 fully saturated rings. The van der Waals surface area contributed by atoms with E-state index in [1.54, 1.807) is 39.0 Å². The second-order valence-corrected chi connectivity index (χ2v) is 5.85. The molecular weight excluding hydrogens is 274 g/mol. The van der Waals surface area contributed by atoms with Crippen LogP contribution >= 0.6 is 0 Å². The maximum Gasteiger partial charge on any atom is 0.323 e. The van der Waals surface area contributed by atoms with Gasteiger partial charge < -0.3 is 19.5 Å². The molecule has 21 heavy (non-hydrogen) atoms. The number of carbonyl (C=O) groups is 2. The Morgan fingerprint density at radius 1 is 1.29 bits per heavy atom. The Balaban J connectivity index is 2.17. The molecule has 1 amide bonds. The van der Waals surface area contributed by atoms with E-state index in [9.17, 15) is 9.59 Å². The van der Waals surface area contributed by atoms with Gasteiger partial charge in [0.05, 0.1) is 0 Å². The number of carboxylic acids is 1. The number of rotatable bonds is 3. The third-order valence-corrected chi connectivity index (χ3v) is 3.15. The van der Waals surface area contributed by atoms with Crippen molar-refractivity contribution in [1.29, 1.82) is 0 Å². The number of carbonyl (C=O) groups excluding carboxylic acids is 1. The molecule has 1 atom stereocenters. The Kier molecular flexibility index (Phi) is 4.06. The number of carboxylic acid groups (broad SMARTS) is 1. The summed E-state index contributed by atoms with van der Waals surface area (Å²) in [6.45, 7) is 5.05. The molecule has 0 saturated heterocycles. The zero-order valence-corrected chi connectivity index (χ0v) is 12.3. The van der Waals surface area contributed by atoms with Gasteiger partial charge in [0.25, 0.3) is 5.91 Å². The average molecular weight is 293 g/mol. The number of ether oxygens (including phenoxy) is 2. The van der Waals surface area contributed by atoms with Crippen LogP contribution in [0.4, 0.5) is 0 Å². The van der Waals surface area contributed by atoms with E-state index in [0.29, 0.717) is 11.5 Å². The van der Waals surface area contributed by atoms with E-state index in [1.165, 1.54) is 4.90 Å². The van der Waals surface area contributed by atoms with E-state index in [2.05, 4.69) is 0 Å². The minimum Gasteiger partial charge on any atom is -0.485 e. The number of hydrogen-bond acceptors (Lipinski definition) is 4. The quantitative estimate of drug-likeness (QED) is 0.914. The molecule has 1 aromatic rings. The molecule has 1 N–H and O–H groups in total. The van der Waals surface area contributed by atoms with Gasteiger partial charge in [-0.3, -0.25) is 9.59 Å². The second-order valence-electron chi connectivity index (χ2n) is 5.85. The monoisotopic (exact) mass is 293 g/mol. The molecule has 2 rings (SSSR count). The zero-order chi connectivity index (χ0) is 15.6. The summed E-state index contributed by atoms with van der Waals surface area (Å²) in [5, 5.41) is 8.99. The molecule has 0 aliphatic carbocycles. The van der Waals surface area contributed by atoms with Crippen molar-refractivity contribution in [1.82, 2.24) is 4.90 Å². The molecule has 0 aromatic heterocycles. The van der Waals surface area contributed by atoms with Gasteiger partial charge in [0.2, 0.25) is 6.10 Å². The molecule has 0 radical (unpaired) electrons. The number of fused-ring (bicyclic) bond motifs is 1. The maximum atomic E-state index is 12.5. The van der Waals surface area contributed by atoms with Crippen LogP contribution in [0, 0.1) is 0 Å². The van der Waals surface area contributed by atoms with E-state index in [1.807, 2.05) is 6.07 Å². The van der Waals surface area contributed by atoms with Crippen LogP contribution in [-0.4, -0.2) is 46.7 Å². The third-order valence-electron chi connectivity index (χ3n) is 3.15. The first kappa shape index (κ1) is 15.2. The summed E-state index contributed by atoms with van der Waals surface area (Å²) in [5.74, 6) is -0.372. The Morgan fingerprint density at radius 2 is 1.90 bits per heavy atom. The fourth-order valence-corrected chi connectivity index (χ4v) is 2.10. The van der Waals surface area contributed by atoms with Gasteiger partial charge in [-0.15, -0.1) is 0 Å². The van der Waals surface area contributed by atoms with Crippen molar-refractivity contribution >= 4 is 11.9 Å². The van der Waals surface area contributed by atoms with Crippen molar-refractivity contribution in [2.45, 2.75) is 32.4 Å². The predicted molar refractivity (Wildman–Crippen MR) is 75.5 cm³/mol. The van der Waals surface area contributed by atoms with Crippen LogP contribution in [0.3, 0.4) is 0 Å². The molecule has 1 heterocycles. The third kappa shape index (κ3) is 3.45. The SMILES string of the molecule is CC(C)(C)N(CC(=O)O)C(=O)C1COc2ccccc2O1. The summed E-state index contributed by atoms with van der Waals surface area (Å²) in [6, 6.07) is 7.08.